The van der Waals surface area contributed by atoms with Crippen LogP contribution in [0, 0.1) is 6.57 Å². The molecule has 2 aliphatic heterocycles. The van der Waals surface area contributed by atoms with Crippen molar-refractivity contribution in [2.75, 3.05) is 51.3 Å². The van der Waals surface area contributed by atoms with E-state index in [1.54, 1.807) is 0 Å². The van der Waals surface area contributed by atoms with Crippen LogP contribution in [0.15, 0.2) is 30.3 Å². The second-order valence-electron chi connectivity index (χ2n) is 7.91. The number of nitrogens with zero attached hydrogens (tertiary/aromatic N) is 5. The first kappa shape index (κ1) is 21.9. The van der Waals surface area contributed by atoms with Crippen LogP contribution in [-0.4, -0.2) is 79.0 Å². The maximum atomic E-state index is 12.7. The first-order valence-electron chi connectivity index (χ1n) is 10.7. The summed E-state index contributed by atoms with van der Waals surface area (Å²) in [6, 6.07) is 9.12. The second-order valence-corrected chi connectivity index (χ2v) is 7.91. The fourth-order valence-corrected chi connectivity index (χ4v) is 4.26. The number of methoxy groups -OCH3 is 1. The summed E-state index contributed by atoms with van der Waals surface area (Å²) in [6.45, 7) is 11.2. The standard InChI is InChI=1S/C23H26N6O3/c1-24-12-17-14-29(11-10-28(17)15-20(30)16-6-4-3-5-7-16)22-18-8-9-25-13-19(18)26-21(27-22)23(31)32-2/h3-7,17,25H,8-15H2,2H3/t17-/m0/s1. The maximum absolute atomic E-state index is 12.7. The fourth-order valence-electron chi connectivity index (χ4n) is 4.26. The number of piperazine rings is 1. The van der Waals surface area contributed by atoms with Gasteiger partial charge >= 0.3 is 5.97 Å². The Morgan fingerprint density at radius 2 is 2.06 bits per heavy atom. The number of anilines is 1. The van der Waals surface area contributed by atoms with Gasteiger partial charge in [-0.1, -0.05) is 30.3 Å². The number of carbonyl (C=O) groups excluding carboxylic acids is 2. The number of esters is 1. The Bertz CT molecular complexity index is 1040. The minimum atomic E-state index is -0.565. The van der Waals surface area contributed by atoms with E-state index in [1.807, 2.05) is 30.3 Å². The van der Waals surface area contributed by atoms with Crippen molar-refractivity contribution in [3.05, 3.63) is 64.4 Å². The summed E-state index contributed by atoms with van der Waals surface area (Å²) < 4.78 is 4.84. The number of ketones is 1. The molecule has 9 nitrogen and oxygen atoms in total. The molecular weight excluding hydrogens is 408 g/mol. The van der Waals surface area contributed by atoms with Crippen molar-refractivity contribution >= 4 is 17.6 Å². The number of hydrogen-bond donors (Lipinski definition) is 1. The molecule has 3 heterocycles. The molecule has 1 aromatic heterocycles. The van der Waals surface area contributed by atoms with Crippen LogP contribution in [0.3, 0.4) is 0 Å². The number of Topliss-reactive ketones (excluding diaryl/α,β-unsaturated/α-hetero) is 1. The van der Waals surface area contributed by atoms with Crippen LogP contribution in [0.25, 0.3) is 4.85 Å². The molecule has 0 amide bonds. The van der Waals surface area contributed by atoms with Crippen LogP contribution < -0.4 is 10.2 Å². The largest absolute Gasteiger partial charge is 0.463 e. The first-order valence-corrected chi connectivity index (χ1v) is 10.7. The topological polar surface area (TPSA) is 92.0 Å². The van der Waals surface area contributed by atoms with E-state index in [4.69, 9.17) is 11.3 Å². The zero-order chi connectivity index (χ0) is 22.5. The van der Waals surface area contributed by atoms with Crippen LogP contribution in [-0.2, 0) is 17.7 Å². The van der Waals surface area contributed by atoms with Crippen LogP contribution in [0.5, 0.6) is 0 Å². The van der Waals surface area contributed by atoms with Crippen LogP contribution in [0.4, 0.5) is 5.82 Å². The van der Waals surface area contributed by atoms with Gasteiger partial charge in [0.15, 0.2) is 5.78 Å². The quantitative estimate of drug-likeness (QED) is 0.412. The van der Waals surface area contributed by atoms with E-state index in [0.717, 1.165) is 30.0 Å². The molecular formula is C23H26N6O3. The van der Waals surface area contributed by atoms with Gasteiger partial charge in [0.25, 0.3) is 0 Å². The van der Waals surface area contributed by atoms with E-state index in [2.05, 4.69) is 29.9 Å². The van der Waals surface area contributed by atoms with E-state index in [9.17, 15) is 9.59 Å². The number of benzene rings is 1. The highest BCUT2D eigenvalue weighted by molar-refractivity contribution is 5.97. The number of hydrogen-bond acceptors (Lipinski definition) is 8. The van der Waals surface area contributed by atoms with Gasteiger partial charge in [-0.15, -0.1) is 0 Å². The third kappa shape index (κ3) is 4.61. The van der Waals surface area contributed by atoms with Gasteiger partial charge in [0.2, 0.25) is 12.4 Å². The predicted molar refractivity (Wildman–Crippen MR) is 119 cm³/mol. The van der Waals surface area contributed by atoms with Gasteiger partial charge in [0, 0.05) is 37.3 Å². The van der Waals surface area contributed by atoms with Crippen molar-refractivity contribution < 1.29 is 14.3 Å². The first-order chi connectivity index (χ1) is 15.6. The van der Waals surface area contributed by atoms with E-state index in [0.29, 0.717) is 31.7 Å². The highest BCUT2D eigenvalue weighted by Crippen LogP contribution is 2.26. The SMILES string of the molecule is [C-]#[N+]C[C@H]1CN(c2nc(C(=O)OC)nc3c2CCNC3)CCN1CC(=O)c1ccccc1. The highest BCUT2D eigenvalue weighted by atomic mass is 16.5. The van der Waals surface area contributed by atoms with Crippen LogP contribution in [0.2, 0.25) is 0 Å². The molecule has 0 saturated carbocycles. The smallest absolute Gasteiger partial charge is 0.376 e. The molecule has 4 rings (SSSR count). The molecule has 0 bridgehead atoms. The predicted octanol–water partition coefficient (Wildman–Crippen LogP) is 1.20. The summed E-state index contributed by atoms with van der Waals surface area (Å²) in [4.78, 5) is 41.7. The lowest BCUT2D eigenvalue weighted by Gasteiger charge is -2.40. The molecule has 32 heavy (non-hydrogen) atoms. The zero-order valence-electron chi connectivity index (χ0n) is 18.1. The normalized spacial score (nSPS) is 18.5. The molecule has 0 aliphatic carbocycles. The molecule has 0 spiro atoms. The molecule has 1 fully saturated rings. The summed E-state index contributed by atoms with van der Waals surface area (Å²) in [5.41, 5.74) is 2.52. The lowest BCUT2D eigenvalue weighted by atomic mass is 10.0. The van der Waals surface area contributed by atoms with Crippen molar-refractivity contribution in [2.24, 2.45) is 0 Å². The van der Waals surface area contributed by atoms with E-state index >= 15 is 0 Å². The number of aromatic nitrogens is 2. The molecule has 166 valence electrons. The number of fused-ring (bicyclic) bond motifs is 1. The summed E-state index contributed by atoms with van der Waals surface area (Å²) in [5.74, 6) is 0.270. The summed E-state index contributed by atoms with van der Waals surface area (Å²) in [7, 11) is 1.32. The third-order valence-corrected chi connectivity index (χ3v) is 5.93. The van der Waals surface area contributed by atoms with Gasteiger partial charge in [0.05, 0.1) is 19.3 Å². The fraction of sp³-hybridized carbons (Fsp3) is 0.435. The minimum Gasteiger partial charge on any atom is -0.463 e. The molecule has 1 saturated heterocycles. The average Bonchev–Trinajstić information content (AvgIpc) is 2.84. The summed E-state index contributed by atoms with van der Waals surface area (Å²) in [6.07, 6.45) is 0.770. The Morgan fingerprint density at radius 3 is 2.81 bits per heavy atom. The molecule has 1 N–H and O–H groups in total. The Hall–Kier alpha value is -3.35. The van der Waals surface area contributed by atoms with Crippen LogP contribution in [0.1, 0.15) is 32.2 Å². The van der Waals surface area contributed by atoms with Gasteiger partial charge in [-0.05, 0) is 13.0 Å². The van der Waals surface area contributed by atoms with Gasteiger partial charge in [0.1, 0.15) is 11.9 Å². The lowest BCUT2D eigenvalue weighted by Crippen LogP contribution is -2.56. The van der Waals surface area contributed by atoms with Crippen molar-refractivity contribution in [3.8, 4) is 0 Å². The van der Waals surface area contributed by atoms with E-state index < -0.39 is 5.97 Å². The number of rotatable bonds is 6. The molecule has 1 aromatic carbocycles. The van der Waals surface area contributed by atoms with Gasteiger partial charge in [-0.2, -0.15) is 0 Å². The zero-order valence-corrected chi connectivity index (χ0v) is 18.1. The van der Waals surface area contributed by atoms with Crippen molar-refractivity contribution in [1.82, 2.24) is 20.2 Å². The molecule has 2 aromatic rings. The van der Waals surface area contributed by atoms with Crippen molar-refractivity contribution in [3.63, 3.8) is 0 Å². The van der Waals surface area contributed by atoms with Crippen molar-refractivity contribution in [2.45, 2.75) is 19.0 Å². The lowest BCUT2D eigenvalue weighted by molar-refractivity contribution is 0.0585. The molecule has 2 aliphatic rings. The summed E-state index contributed by atoms with van der Waals surface area (Å²) >= 11 is 0. The Kier molecular flexibility index (Phi) is 6.73. The maximum Gasteiger partial charge on any atom is 0.376 e. The highest BCUT2D eigenvalue weighted by Gasteiger charge is 2.33. The van der Waals surface area contributed by atoms with Gasteiger partial charge in [-0.25, -0.2) is 21.3 Å². The summed E-state index contributed by atoms with van der Waals surface area (Å²) in [5, 5.41) is 3.28. The van der Waals surface area contributed by atoms with Crippen molar-refractivity contribution in [1.29, 1.82) is 0 Å². The number of ether oxygens (including phenoxy) is 1. The Morgan fingerprint density at radius 1 is 1.25 bits per heavy atom. The number of carbonyl (C=O) groups is 2. The molecule has 0 unspecified atom stereocenters. The van der Waals surface area contributed by atoms with E-state index in [1.165, 1.54) is 7.11 Å². The third-order valence-electron chi connectivity index (χ3n) is 5.93. The Balaban J connectivity index is 1.57. The van der Waals surface area contributed by atoms with E-state index in [-0.39, 0.29) is 30.7 Å². The molecule has 1 atom stereocenters. The number of nitrogens with one attached hydrogen (secondary N) is 1. The molecule has 0 radical (unpaired) electrons. The minimum absolute atomic E-state index is 0.0486. The van der Waals surface area contributed by atoms with Gasteiger partial charge in [-0.3, -0.25) is 9.69 Å². The Labute approximate surface area is 187 Å². The van der Waals surface area contributed by atoms with Gasteiger partial charge < -0.3 is 19.8 Å². The molecule has 9 heteroatoms. The second kappa shape index (κ2) is 9.85. The monoisotopic (exact) mass is 434 g/mol. The van der Waals surface area contributed by atoms with Crippen LogP contribution >= 0.6 is 0 Å². The average molecular weight is 435 g/mol.